The highest BCUT2D eigenvalue weighted by Crippen LogP contribution is 2.09. The molecule has 0 atom stereocenters. The lowest BCUT2D eigenvalue weighted by Gasteiger charge is -2.02. The molecule has 0 aliphatic heterocycles. The van der Waals surface area contributed by atoms with Crippen LogP contribution < -0.4 is 4.74 Å². The van der Waals surface area contributed by atoms with Crippen LogP contribution in [-0.4, -0.2) is 12.6 Å². The molecule has 0 unspecified atom stereocenters. The van der Waals surface area contributed by atoms with Crippen molar-refractivity contribution in [1.29, 1.82) is 0 Å². The Balaban J connectivity index is 2.54. The van der Waals surface area contributed by atoms with Crippen molar-refractivity contribution in [1.82, 2.24) is 0 Å². The molecule has 15 heavy (non-hydrogen) atoms. The van der Waals surface area contributed by atoms with E-state index in [4.69, 9.17) is 9.47 Å². The number of ether oxygens (including phenoxy) is 2. The molecule has 0 spiro atoms. The normalized spacial score (nSPS) is 10.9. The van der Waals surface area contributed by atoms with Crippen molar-refractivity contribution >= 4 is 5.97 Å². The second-order valence-corrected chi connectivity index (χ2v) is 2.95. The zero-order chi connectivity index (χ0) is 11.1. The fourth-order valence-corrected chi connectivity index (χ4v) is 0.949. The smallest absolute Gasteiger partial charge is 0.336 e. The molecule has 0 fully saturated rings. The Morgan fingerprint density at radius 1 is 1.33 bits per heavy atom. The van der Waals surface area contributed by atoms with Gasteiger partial charge >= 0.3 is 5.97 Å². The van der Waals surface area contributed by atoms with Gasteiger partial charge in [-0.3, -0.25) is 0 Å². The van der Waals surface area contributed by atoms with Crippen molar-refractivity contribution in [2.45, 2.75) is 13.8 Å². The van der Waals surface area contributed by atoms with Crippen molar-refractivity contribution in [3.63, 3.8) is 0 Å². The number of benzene rings is 1. The number of carbonyl (C=O) groups is 1. The van der Waals surface area contributed by atoms with E-state index in [9.17, 15) is 4.79 Å². The summed E-state index contributed by atoms with van der Waals surface area (Å²) in [5, 5.41) is 0. The van der Waals surface area contributed by atoms with E-state index < -0.39 is 0 Å². The Labute approximate surface area is 89.3 Å². The minimum Gasteiger partial charge on any atom is -0.464 e. The lowest BCUT2D eigenvalue weighted by atomic mass is 10.3. The van der Waals surface area contributed by atoms with Gasteiger partial charge in [-0.05, 0) is 26.0 Å². The third kappa shape index (κ3) is 3.85. The van der Waals surface area contributed by atoms with Gasteiger partial charge in [0.1, 0.15) is 12.0 Å². The average molecular weight is 206 g/mol. The van der Waals surface area contributed by atoms with Gasteiger partial charge in [0.15, 0.2) is 0 Å². The molecular formula is C12H14O3. The van der Waals surface area contributed by atoms with E-state index >= 15 is 0 Å². The highest BCUT2D eigenvalue weighted by atomic mass is 16.5. The Kier molecular flexibility index (Phi) is 4.41. The molecule has 3 heteroatoms. The summed E-state index contributed by atoms with van der Waals surface area (Å²) in [5.41, 5.74) is 0.445. The van der Waals surface area contributed by atoms with Crippen LogP contribution in [0.15, 0.2) is 42.2 Å². The second-order valence-electron chi connectivity index (χ2n) is 2.95. The van der Waals surface area contributed by atoms with E-state index in [-0.39, 0.29) is 5.97 Å². The van der Waals surface area contributed by atoms with Crippen LogP contribution in [0.5, 0.6) is 5.75 Å². The fourth-order valence-electron chi connectivity index (χ4n) is 0.949. The van der Waals surface area contributed by atoms with Gasteiger partial charge < -0.3 is 9.47 Å². The Hall–Kier alpha value is -1.77. The summed E-state index contributed by atoms with van der Waals surface area (Å²) in [6, 6.07) is 9.25. The average Bonchev–Trinajstić information content (AvgIpc) is 2.27. The summed E-state index contributed by atoms with van der Waals surface area (Å²) in [5.74, 6) is 0.342. The quantitative estimate of drug-likeness (QED) is 0.431. The predicted molar refractivity (Wildman–Crippen MR) is 57.5 cm³/mol. The Morgan fingerprint density at radius 3 is 2.60 bits per heavy atom. The molecule has 1 aromatic carbocycles. The summed E-state index contributed by atoms with van der Waals surface area (Å²) in [6.07, 6.45) is 1.40. The van der Waals surface area contributed by atoms with Crippen molar-refractivity contribution in [3.05, 3.63) is 42.2 Å². The standard InChI is InChI=1S/C12H14O3/c1-3-14-12(13)10(2)9-15-11-7-5-4-6-8-11/h4-9H,3H2,1-2H3/b10-9+. The highest BCUT2D eigenvalue weighted by Gasteiger charge is 2.04. The zero-order valence-electron chi connectivity index (χ0n) is 8.90. The molecule has 0 saturated carbocycles. The molecule has 0 N–H and O–H groups in total. The molecular weight excluding hydrogens is 192 g/mol. The first kappa shape index (κ1) is 11.3. The zero-order valence-corrected chi connectivity index (χ0v) is 8.90. The second kappa shape index (κ2) is 5.86. The maximum atomic E-state index is 11.2. The lowest BCUT2D eigenvalue weighted by molar-refractivity contribution is -0.138. The van der Waals surface area contributed by atoms with Gasteiger partial charge in [0.25, 0.3) is 0 Å². The Bertz CT molecular complexity index is 341. The number of hydrogen-bond acceptors (Lipinski definition) is 3. The molecule has 0 aliphatic rings. The molecule has 0 aliphatic carbocycles. The van der Waals surface area contributed by atoms with E-state index in [2.05, 4.69) is 0 Å². The van der Waals surface area contributed by atoms with Crippen LogP contribution in [-0.2, 0) is 9.53 Å². The van der Waals surface area contributed by atoms with Crippen LogP contribution in [0.2, 0.25) is 0 Å². The van der Waals surface area contributed by atoms with Gasteiger partial charge in [0.05, 0.1) is 12.2 Å². The first-order chi connectivity index (χ1) is 7.24. The minimum absolute atomic E-state index is 0.353. The van der Waals surface area contributed by atoms with Crippen LogP contribution in [0.4, 0.5) is 0 Å². The van der Waals surface area contributed by atoms with Crippen molar-refractivity contribution in [2.24, 2.45) is 0 Å². The van der Waals surface area contributed by atoms with E-state index in [0.29, 0.717) is 17.9 Å². The van der Waals surface area contributed by atoms with Crippen molar-refractivity contribution in [2.75, 3.05) is 6.61 Å². The third-order valence-electron chi connectivity index (χ3n) is 1.71. The number of rotatable bonds is 4. The van der Waals surface area contributed by atoms with Crippen LogP contribution >= 0.6 is 0 Å². The number of para-hydroxylation sites is 1. The number of hydrogen-bond donors (Lipinski definition) is 0. The van der Waals surface area contributed by atoms with Gasteiger partial charge in [-0.15, -0.1) is 0 Å². The van der Waals surface area contributed by atoms with Crippen LogP contribution in [0.1, 0.15) is 13.8 Å². The van der Waals surface area contributed by atoms with Crippen molar-refractivity contribution in [3.8, 4) is 5.75 Å². The summed E-state index contributed by atoms with van der Waals surface area (Å²) in [7, 11) is 0. The summed E-state index contributed by atoms with van der Waals surface area (Å²) in [4.78, 5) is 11.2. The largest absolute Gasteiger partial charge is 0.464 e. The monoisotopic (exact) mass is 206 g/mol. The first-order valence-corrected chi connectivity index (χ1v) is 4.79. The SMILES string of the molecule is CCOC(=O)/C(C)=C/Oc1ccccc1. The molecule has 0 radical (unpaired) electrons. The van der Waals surface area contributed by atoms with E-state index in [1.165, 1.54) is 6.26 Å². The number of esters is 1. The van der Waals surface area contributed by atoms with Gasteiger partial charge in [-0.25, -0.2) is 4.79 Å². The van der Waals surface area contributed by atoms with Crippen molar-refractivity contribution < 1.29 is 14.3 Å². The van der Waals surface area contributed by atoms with Gasteiger partial charge in [-0.1, -0.05) is 18.2 Å². The molecule has 0 heterocycles. The molecule has 3 nitrogen and oxygen atoms in total. The molecule has 0 amide bonds. The first-order valence-electron chi connectivity index (χ1n) is 4.79. The van der Waals surface area contributed by atoms with Gasteiger partial charge in [0, 0.05) is 0 Å². The maximum absolute atomic E-state index is 11.2. The molecule has 1 aromatic rings. The van der Waals surface area contributed by atoms with Crippen LogP contribution in [0.25, 0.3) is 0 Å². The third-order valence-corrected chi connectivity index (χ3v) is 1.71. The minimum atomic E-state index is -0.353. The maximum Gasteiger partial charge on any atom is 0.336 e. The Morgan fingerprint density at radius 2 is 2.00 bits per heavy atom. The predicted octanol–water partition coefficient (Wildman–Crippen LogP) is 2.53. The summed E-state index contributed by atoms with van der Waals surface area (Å²) in [6.45, 7) is 3.79. The molecule has 0 saturated heterocycles. The van der Waals surface area contributed by atoms with Gasteiger partial charge in [0.2, 0.25) is 0 Å². The van der Waals surface area contributed by atoms with Crippen LogP contribution in [0, 0.1) is 0 Å². The van der Waals surface area contributed by atoms with Crippen LogP contribution in [0.3, 0.4) is 0 Å². The number of carbonyl (C=O) groups excluding carboxylic acids is 1. The van der Waals surface area contributed by atoms with E-state index in [1.54, 1.807) is 13.8 Å². The van der Waals surface area contributed by atoms with E-state index in [1.807, 2.05) is 30.3 Å². The lowest BCUT2D eigenvalue weighted by Crippen LogP contribution is -2.05. The summed E-state index contributed by atoms with van der Waals surface area (Å²) >= 11 is 0. The fraction of sp³-hybridized carbons (Fsp3) is 0.250. The molecule has 0 aromatic heterocycles. The highest BCUT2D eigenvalue weighted by molar-refractivity contribution is 5.87. The van der Waals surface area contributed by atoms with Gasteiger partial charge in [-0.2, -0.15) is 0 Å². The molecule has 1 rings (SSSR count). The topological polar surface area (TPSA) is 35.5 Å². The molecule has 80 valence electrons. The summed E-state index contributed by atoms with van der Waals surface area (Å²) < 4.78 is 10.1. The molecule has 0 bridgehead atoms. The van der Waals surface area contributed by atoms with E-state index in [0.717, 1.165) is 0 Å².